The van der Waals surface area contributed by atoms with Crippen molar-refractivity contribution in [1.82, 2.24) is 0 Å². The lowest BCUT2D eigenvalue weighted by atomic mass is 9.77. The number of hydrogen-bond acceptors (Lipinski definition) is 7. The summed E-state index contributed by atoms with van der Waals surface area (Å²) in [7, 11) is 5.03. The summed E-state index contributed by atoms with van der Waals surface area (Å²) >= 11 is 0. The fourth-order valence-electron chi connectivity index (χ4n) is 4.05. The molecule has 2 aliphatic rings. The summed E-state index contributed by atoms with van der Waals surface area (Å²) in [5, 5.41) is 11.3. The first kappa shape index (κ1) is 18.1. The van der Waals surface area contributed by atoms with Crippen molar-refractivity contribution >= 4 is 23.3 Å². The molecule has 146 valence electrons. The molecule has 0 amide bonds. The average molecular weight is 383 g/mol. The predicted molar refractivity (Wildman–Crippen MR) is 106 cm³/mol. The van der Waals surface area contributed by atoms with E-state index in [2.05, 4.69) is 4.99 Å². The van der Waals surface area contributed by atoms with E-state index in [-0.39, 0.29) is 10.6 Å². The number of likely N-dealkylation sites (N-methyl/N-ethyl adjacent to an activating group) is 1. The summed E-state index contributed by atoms with van der Waals surface area (Å²) in [5.41, 5.74) is 0.762. The molecule has 8 heteroatoms. The summed E-state index contributed by atoms with van der Waals surface area (Å²) in [6.45, 7) is 3.99. The van der Waals surface area contributed by atoms with Gasteiger partial charge in [0.1, 0.15) is 11.4 Å². The van der Waals surface area contributed by atoms with Gasteiger partial charge in [0, 0.05) is 37.0 Å². The third-order valence-electron chi connectivity index (χ3n) is 5.72. The number of ether oxygens (including phenoxy) is 3. The molecule has 1 spiro atoms. The molecule has 2 aromatic rings. The van der Waals surface area contributed by atoms with E-state index in [1.807, 2.05) is 25.8 Å². The Morgan fingerprint density at radius 1 is 1.18 bits per heavy atom. The first-order valence-corrected chi connectivity index (χ1v) is 8.78. The number of anilines is 1. The van der Waals surface area contributed by atoms with E-state index >= 15 is 0 Å². The molecule has 0 saturated carbocycles. The lowest BCUT2D eigenvalue weighted by molar-refractivity contribution is -0.384. The zero-order valence-electron chi connectivity index (χ0n) is 16.3. The second-order valence-electron chi connectivity index (χ2n) is 7.38. The van der Waals surface area contributed by atoms with Gasteiger partial charge in [0.05, 0.1) is 30.8 Å². The van der Waals surface area contributed by atoms with E-state index in [1.165, 1.54) is 6.07 Å². The first-order valence-electron chi connectivity index (χ1n) is 8.78. The van der Waals surface area contributed by atoms with Gasteiger partial charge in [-0.3, -0.25) is 10.1 Å². The van der Waals surface area contributed by atoms with E-state index in [1.54, 1.807) is 44.7 Å². The minimum absolute atomic E-state index is 0.0498. The summed E-state index contributed by atoms with van der Waals surface area (Å²) in [6, 6.07) is 8.39. The first-order chi connectivity index (χ1) is 13.2. The average Bonchev–Trinajstić information content (AvgIpc) is 2.85. The smallest absolute Gasteiger partial charge is 0.269 e. The van der Waals surface area contributed by atoms with Crippen molar-refractivity contribution < 1.29 is 19.1 Å². The normalized spacial score (nSPS) is 21.1. The Morgan fingerprint density at radius 3 is 2.57 bits per heavy atom. The van der Waals surface area contributed by atoms with Crippen molar-refractivity contribution in [2.24, 2.45) is 4.99 Å². The fraction of sp³-hybridized carbons (Fsp3) is 0.350. The molecule has 0 aromatic heterocycles. The van der Waals surface area contributed by atoms with Crippen LogP contribution < -0.4 is 19.1 Å². The number of methoxy groups -OCH3 is 2. The van der Waals surface area contributed by atoms with E-state index in [0.717, 1.165) is 11.3 Å². The Morgan fingerprint density at radius 2 is 1.93 bits per heavy atom. The van der Waals surface area contributed by atoms with Gasteiger partial charge < -0.3 is 19.1 Å². The van der Waals surface area contributed by atoms with Crippen molar-refractivity contribution in [2.75, 3.05) is 26.2 Å². The topological polar surface area (TPSA) is 86.4 Å². The lowest BCUT2D eigenvalue weighted by Gasteiger charge is -2.44. The van der Waals surface area contributed by atoms with Crippen LogP contribution in [0.4, 0.5) is 17.1 Å². The van der Waals surface area contributed by atoms with E-state index < -0.39 is 11.1 Å². The van der Waals surface area contributed by atoms with Gasteiger partial charge in [0.2, 0.25) is 5.72 Å². The Balaban J connectivity index is 1.88. The highest BCUT2D eigenvalue weighted by Crippen LogP contribution is 2.55. The van der Waals surface area contributed by atoms with Gasteiger partial charge in [-0.25, -0.2) is 4.99 Å². The maximum Gasteiger partial charge on any atom is 0.269 e. The molecule has 1 unspecified atom stereocenters. The molecule has 0 radical (unpaired) electrons. The number of rotatable bonds is 3. The molecule has 1 atom stereocenters. The number of aliphatic imine (C=N–C) groups is 1. The summed E-state index contributed by atoms with van der Waals surface area (Å²) in [6.07, 6.45) is 1.75. The minimum atomic E-state index is -0.949. The molecule has 0 fully saturated rings. The number of nitro groups is 1. The van der Waals surface area contributed by atoms with Crippen LogP contribution in [0.15, 0.2) is 35.3 Å². The van der Waals surface area contributed by atoms with E-state index in [0.29, 0.717) is 22.9 Å². The number of hydrogen-bond donors (Lipinski definition) is 0. The maximum absolute atomic E-state index is 11.3. The zero-order valence-corrected chi connectivity index (χ0v) is 16.3. The van der Waals surface area contributed by atoms with Gasteiger partial charge in [-0.1, -0.05) is 0 Å². The highest BCUT2D eigenvalue weighted by atomic mass is 16.6. The van der Waals surface area contributed by atoms with Gasteiger partial charge in [0.25, 0.3) is 5.69 Å². The molecule has 28 heavy (non-hydrogen) atoms. The molecule has 8 nitrogen and oxygen atoms in total. The van der Waals surface area contributed by atoms with Gasteiger partial charge in [0.15, 0.2) is 11.5 Å². The fourth-order valence-corrected chi connectivity index (χ4v) is 4.05. The van der Waals surface area contributed by atoms with Crippen LogP contribution in [-0.4, -0.2) is 38.1 Å². The van der Waals surface area contributed by atoms with Crippen LogP contribution in [0.1, 0.15) is 19.4 Å². The Hall–Kier alpha value is -3.29. The zero-order chi connectivity index (χ0) is 20.3. The molecule has 2 aromatic carbocycles. The van der Waals surface area contributed by atoms with Crippen LogP contribution in [0.2, 0.25) is 0 Å². The van der Waals surface area contributed by atoms with Crippen molar-refractivity contribution in [1.29, 1.82) is 0 Å². The minimum Gasteiger partial charge on any atom is -0.496 e. The molecule has 0 saturated heterocycles. The molecule has 4 rings (SSSR count). The Bertz CT molecular complexity index is 1020. The van der Waals surface area contributed by atoms with Gasteiger partial charge >= 0.3 is 0 Å². The van der Waals surface area contributed by atoms with Crippen molar-refractivity contribution in [3.8, 4) is 17.2 Å². The highest BCUT2D eigenvalue weighted by molar-refractivity contribution is 5.89. The third-order valence-corrected chi connectivity index (χ3v) is 5.72. The largest absolute Gasteiger partial charge is 0.496 e. The van der Waals surface area contributed by atoms with Crippen molar-refractivity contribution in [2.45, 2.75) is 25.0 Å². The van der Waals surface area contributed by atoms with E-state index in [4.69, 9.17) is 14.2 Å². The van der Waals surface area contributed by atoms with Gasteiger partial charge in [-0.15, -0.1) is 0 Å². The van der Waals surface area contributed by atoms with Crippen LogP contribution in [0.5, 0.6) is 17.2 Å². The van der Waals surface area contributed by atoms with Crippen LogP contribution in [0, 0.1) is 10.1 Å². The number of non-ortho nitro benzene ring substituents is 1. The highest BCUT2D eigenvalue weighted by Gasteiger charge is 2.59. The summed E-state index contributed by atoms with van der Waals surface area (Å²) in [4.78, 5) is 17.5. The van der Waals surface area contributed by atoms with Crippen molar-refractivity contribution in [3.63, 3.8) is 0 Å². The number of fused-ring (bicyclic) bond motifs is 2. The van der Waals surface area contributed by atoms with E-state index in [9.17, 15) is 10.1 Å². The summed E-state index contributed by atoms with van der Waals surface area (Å²) in [5.74, 6) is 1.67. The molecule has 0 bridgehead atoms. The standard InChI is InChI=1S/C20H21N3O5/c1-19(2)14-8-12(23(24)25)6-7-15(14)22(3)20(19)11-21-18-16(27-5)9-13(26-4)10-17(18)28-20/h6-11H,1-5H3. The Kier molecular flexibility index (Phi) is 3.78. The number of benzene rings is 2. The molecular formula is C20H21N3O5. The van der Waals surface area contributed by atoms with Crippen LogP contribution in [-0.2, 0) is 5.41 Å². The van der Waals surface area contributed by atoms with Gasteiger partial charge in [-0.2, -0.15) is 0 Å². The second-order valence-corrected chi connectivity index (χ2v) is 7.38. The lowest BCUT2D eigenvalue weighted by Crippen LogP contribution is -2.61. The molecule has 2 heterocycles. The predicted octanol–water partition coefficient (Wildman–Crippen LogP) is 3.83. The SMILES string of the molecule is COc1cc(OC)c2c(c1)OC1(C=N2)N(C)c2ccc([N+](=O)[O-])cc2C1(C)C. The molecule has 2 aliphatic heterocycles. The summed E-state index contributed by atoms with van der Waals surface area (Å²) < 4.78 is 17.3. The third kappa shape index (κ3) is 2.20. The number of nitro benzene ring substituents is 1. The van der Waals surface area contributed by atoms with Crippen LogP contribution >= 0.6 is 0 Å². The monoisotopic (exact) mass is 383 g/mol. The quantitative estimate of drug-likeness (QED) is 0.591. The van der Waals surface area contributed by atoms with Crippen molar-refractivity contribution in [3.05, 3.63) is 46.0 Å². The number of nitrogens with zero attached hydrogens (tertiary/aromatic N) is 3. The maximum atomic E-state index is 11.3. The molecule has 0 aliphatic carbocycles. The van der Waals surface area contributed by atoms with Crippen LogP contribution in [0.3, 0.4) is 0 Å². The van der Waals surface area contributed by atoms with Crippen LogP contribution in [0.25, 0.3) is 0 Å². The second kappa shape index (κ2) is 5.85. The molecular weight excluding hydrogens is 362 g/mol. The molecule has 0 N–H and O–H groups in total. The van der Waals surface area contributed by atoms with Gasteiger partial charge in [-0.05, 0) is 25.5 Å². The Labute approximate surface area is 162 Å².